The van der Waals surface area contributed by atoms with Crippen LogP contribution in [0.5, 0.6) is 0 Å². The van der Waals surface area contributed by atoms with Crippen LogP contribution >= 0.6 is 0 Å². The Balaban J connectivity index is 1.93. The molecule has 0 atom stereocenters. The predicted octanol–water partition coefficient (Wildman–Crippen LogP) is 2.19. The summed E-state index contributed by atoms with van der Waals surface area (Å²) in [4.78, 5) is 16.4. The van der Waals surface area contributed by atoms with Crippen molar-refractivity contribution in [3.8, 4) is 0 Å². The molecule has 2 N–H and O–H groups in total. The van der Waals surface area contributed by atoms with Crippen molar-refractivity contribution in [2.45, 2.75) is 33.9 Å². The van der Waals surface area contributed by atoms with Crippen molar-refractivity contribution < 1.29 is 9.63 Å². The fourth-order valence-electron chi connectivity index (χ4n) is 2.11. The van der Waals surface area contributed by atoms with Gasteiger partial charge in [-0.1, -0.05) is 17.3 Å². The van der Waals surface area contributed by atoms with Crippen molar-refractivity contribution in [3.63, 3.8) is 0 Å². The van der Waals surface area contributed by atoms with E-state index in [1.54, 1.807) is 18.2 Å². The maximum Gasteiger partial charge on any atom is 0.248 e. The fraction of sp³-hybridized carbons (Fsp3) is 0.312. The first kappa shape index (κ1) is 15.8. The zero-order valence-corrected chi connectivity index (χ0v) is 13.0. The number of aromatic nitrogens is 2. The second-order valence-corrected chi connectivity index (χ2v) is 5.25. The second kappa shape index (κ2) is 6.89. The van der Waals surface area contributed by atoms with E-state index < -0.39 is 5.91 Å². The third-order valence-electron chi connectivity index (χ3n) is 3.15. The molecule has 6 heteroatoms. The Morgan fingerprint density at radius 3 is 2.77 bits per heavy atom. The largest absolute Gasteiger partial charge is 0.391 e. The molecular weight excluding hydrogens is 280 g/mol. The molecule has 0 aliphatic heterocycles. The number of aryl methyl sites for hydroxylation is 2. The third-order valence-corrected chi connectivity index (χ3v) is 3.15. The van der Waals surface area contributed by atoms with Gasteiger partial charge in [-0.2, -0.15) is 5.10 Å². The molecule has 0 bridgehead atoms. The van der Waals surface area contributed by atoms with Gasteiger partial charge in [-0.3, -0.25) is 9.48 Å². The molecule has 116 valence electrons. The lowest BCUT2D eigenvalue weighted by molar-refractivity contribution is 0.0999. The molecular formula is C16H20N4O2. The Labute approximate surface area is 129 Å². The Morgan fingerprint density at radius 2 is 2.14 bits per heavy atom. The van der Waals surface area contributed by atoms with Gasteiger partial charge in [-0.05, 0) is 44.5 Å². The smallest absolute Gasteiger partial charge is 0.248 e. The number of primary amides is 1. The van der Waals surface area contributed by atoms with Gasteiger partial charge in [0.25, 0.3) is 0 Å². The van der Waals surface area contributed by atoms with Crippen molar-refractivity contribution in [3.05, 3.63) is 52.8 Å². The molecule has 1 amide bonds. The molecule has 0 radical (unpaired) electrons. The zero-order chi connectivity index (χ0) is 16.1. The average Bonchev–Trinajstić information content (AvgIpc) is 2.77. The minimum absolute atomic E-state index is 0.287. The standard InChI is InChI=1S/C16H20N4O2/c1-11-7-13(3)20(18-11)9-12(2)19-22-10-14-5-4-6-15(8-14)16(17)21/h4-8H,9-10H2,1-3H3,(H2,17,21)/b19-12+. The van der Waals surface area contributed by atoms with Crippen LogP contribution in [0.4, 0.5) is 0 Å². The Morgan fingerprint density at radius 1 is 1.36 bits per heavy atom. The predicted molar refractivity (Wildman–Crippen MR) is 84.6 cm³/mol. The van der Waals surface area contributed by atoms with Crippen LogP contribution in [0.15, 0.2) is 35.5 Å². The highest BCUT2D eigenvalue weighted by Crippen LogP contribution is 2.07. The first-order chi connectivity index (χ1) is 10.5. The van der Waals surface area contributed by atoms with Crippen molar-refractivity contribution in [1.82, 2.24) is 9.78 Å². The third kappa shape index (κ3) is 4.18. The second-order valence-electron chi connectivity index (χ2n) is 5.25. The van der Waals surface area contributed by atoms with Gasteiger partial charge in [-0.15, -0.1) is 0 Å². The minimum atomic E-state index is -0.453. The Bertz CT molecular complexity index is 704. The molecule has 2 rings (SSSR count). The van der Waals surface area contributed by atoms with Crippen LogP contribution in [0.2, 0.25) is 0 Å². The summed E-state index contributed by atoms with van der Waals surface area (Å²) in [6.45, 7) is 6.72. The van der Waals surface area contributed by atoms with Crippen molar-refractivity contribution in [1.29, 1.82) is 0 Å². The van der Waals surface area contributed by atoms with Gasteiger partial charge in [0.1, 0.15) is 6.61 Å². The van der Waals surface area contributed by atoms with Crippen LogP contribution in [0, 0.1) is 13.8 Å². The van der Waals surface area contributed by atoms with Crippen molar-refractivity contribution in [2.75, 3.05) is 0 Å². The summed E-state index contributed by atoms with van der Waals surface area (Å²) in [6.07, 6.45) is 0. The highest BCUT2D eigenvalue weighted by Gasteiger charge is 2.04. The number of amides is 1. The lowest BCUT2D eigenvalue weighted by Gasteiger charge is -2.05. The molecule has 0 aliphatic rings. The van der Waals surface area contributed by atoms with Crippen LogP contribution in [-0.4, -0.2) is 21.4 Å². The van der Waals surface area contributed by atoms with E-state index in [2.05, 4.69) is 10.3 Å². The van der Waals surface area contributed by atoms with Gasteiger partial charge >= 0.3 is 0 Å². The average molecular weight is 300 g/mol. The van der Waals surface area contributed by atoms with Crippen LogP contribution in [0.3, 0.4) is 0 Å². The van der Waals surface area contributed by atoms with E-state index in [-0.39, 0.29) is 6.61 Å². The quantitative estimate of drug-likeness (QED) is 0.655. The number of benzene rings is 1. The molecule has 2 aromatic rings. The number of oxime groups is 1. The van der Waals surface area contributed by atoms with Crippen LogP contribution in [-0.2, 0) is 18.0 Å². The van der Waals surface area contributed by atoms with Gasteiger partial charge in [-0.25, -0.2) is 0 Å². The molecule has 1 aromatic carbocycles. The Hall–Kier alpha value is -2.63. The first-order valence-corrected chi connectivity index (χ1v) is 7.01. The molecule has 0 saturated heterocycles. The lowest BCUT2D eigenvalue weighted by atomic mass is 10.1. The van der Waals surface area contributed by atoms with Gasteiger partial charge in [0.05, 0.1) is 18.0 Å². The van der Waals surface area contributed by atoms with E-state index in [4.69, 9.17) is 10.6 Å². The van der Waals surface area contributed by atoms with Crippen LogP contribution < -0.4 is 5.73 Å². The topological polar surface area (TPSA) is 82.5 Å². The SMILES string of the molecule is C/C(Cn1nc(C)cc1C)=N\OCc1cccc(C(N)=O)c1. The monoisotopic (exact) mass is 300 g/mol. The number of carbonyl (C=O) groups is 1. The summed E-state index contributed by atoms with van der Waals surface area (Å²) in [5.41, 5.74) is 9.44. The van der Waals surface area contributed by atoms with E-state index in [0.29, 0.717) is 12.1 Å². The highest BCUT2D eigenvalue weighted by atomic mass is 16.6. The molecule has 1 aromatic heterocycles. The van der Waals surface area contributed by atoms with E-state index in [1.165, 1.54) is 0 Å². The highest BCUT2D eigenvalue weighted by molar-refractivity contribution is 5.92. The Kier molecular flexibility index (Phi) is 4.93. The summed E-state index contributed by atoms with van der Waals surface area (Å²) in [5.74, 6) is -0.453. The molecule has 0 unspecified atom stereocenters. The summed E-state index contributed by atoms with van der Waals surface area (Å²) >= 11 is 0. The van der Waals surface area contributed by atoms with Gasteiger partial charge < -0.3 is 10.6 Å². The number of nitrogens with zero attached hydrogens (tertiary/aromatic N) is 3. The number of hydrogen-bond donors (Lipinski definition) is 1. The van der Waals surface area contributed by atoms with Gasteiger partial charge in [0.15, 0.2) is 0 Å². The van der Waals surface area contributed by atoms with Crippen molar-refractivity contribution >= 4 is 11.6 Å². The molecule has 0 spiro atoms. The number of nitrogens with two attached hydrogens (primary N) is 1. The van der Waals surface area contributed by atoms with Crippen molar-refractivity contribution in [2.24, 2.45) is 10.9 Å². The molecule has 1 heterocycles. The van der Waals surface area contributed by atoms with E-state index in [9.17, 15) is 4.79 Å². The van der Waals surface area contributed by atoms with Crippen LogP contribution in [0.1, 0.15) is 34.2 Å². The molecule has 0 aliphatic carbocycles. The summed E-state index contributed by atoms with van der Waals surface area (Å²) in [6, 6.07) is 9.02. The minimum Gasteiger partial charge on any atom is -0.391 e. The van der Waals surface area contributed by atoms with E-state index in [1.807, 2.05) is 37.6 Å². The summed E-state index contributed by atoms with van der Waals surface area (Å²) in [5, 5.41) is 8.46. The van der Waals surface area contributed by atoms with E-state index >= 15 is 0 Å². The van der Waals surface area contributed by atoms with Crippen LogP contribution in [0.25, 0.3) is 0 Å². The van der Waals surface area contributed by atoms with Gasteiger partial charge in [0, 0.05) is 11.3 Å². The number of rotatable bonds is 6. The van der Waals surface area contributed by atoms with E-state index in [0.717, 1.165) is 22.7 Å². The maximum atomic E-state index is 11.1. The summed E-state index contributed by atoms with van der Waals surface area (Å²) in [7, 11) is 0. The zero-order valence-electron chi connectivity index (χ0n) is 13.0. The number of carbonyl (C=O) groups excluding carboxylic acids is 1. The first-order valence-electron chi connectivity index (χ1n) is 7.01. The maximum absolute atomic E-state index is 11.1. The molecule has 0 fully saturated rings. The molecule has 6 nitrogen and oxygen atoms in total. The summed E-state index contributed by atoms with van der Waals surface area (Å²) < 4.78 is 1.88. The molecule has 22 heavy (non-hydrogen) atoms. The fourth-order valence-corrected chi connectivity index (χ4v) is 2.11. The number of hydrogen-bond acceptors (Lipinski definition) is 4. The lowest BCUT2D eigenvalue weighted by Crippen LogP contribution is -2.11. The van der Waals surface area contributed by atoms with Gasteiger partial charge in [0.2, 0.25) is 5.91 Å². The molecule has 0 saturated carbocycles. The normalized spacial score (nSPS) is 11.5.